The van der Waals surface area contributed by atoms with Crippen molar-refractivity contribution in [3.05, 3.63) is 62.3 Å². The standard InChI is InChI=1S/C24H28FN3O2S/c1-14(2)22-26-23-21(15(3)16(4)31-23)24(30)28(22)18-9-7-11-27(13-18)20(29)12-17-8-5-6-10-19(17)25/h5-6,8,10,14,18H,7,9,11-13H2,1-4H3. The lowest BCUT2D eigenvalue weighted by Gasteiger charge is -2.35. The van der Waals surface area contributed by atoms with Crippen molar-refractivity contribution in [2.24, 2.45) is 0 Å². The normalized spacial score (nSPS) is 17.0. The van der Waals surface area contributed by atoms with E-state index in [1.807, 2.05) is 32.3 Å². The van der Waals surface area contributed by atoms with E-state index in [0.717, 1.165) is 33.9 Å². The first-order valence-corrected chi connectivity index (χ1v) is 11.6. The fourth-order valence-electron chi connectivity index (χ4n) is 4.39. The highest BCUT2D eigenvalue weighted by molar-refractivity contribution is 7.18. The lowest BCUT2D eigenvalue weighted by Crippen LogP contribution is -2.44. The first kappa shape index (κ1) is 21.7. The lowest BCUT2D eigenvalue weighted by molar-refractivity contribution is -0.132. The molecule has 0 aliphatic carbocycles. The molecule has 1 amide bonds. The van der Waals surface area contributed by atoms with Crippen LogP contribution < -0.4 is 5.56 Å². The van der Waals surface area contributed by atoms with Crippen LogP contribution in [0, 0.1) is 19.7 Å². The molecule has 1 aliphatic rings. The quantitative estimate of drug-likeness (QED) is 0.587. The summed E-state index contributed by atoms with van der Waals surface area (Å²) >= 11 is 1.56. The van der Waals surface area contributed by atoms with E-state index in [2.05, 4.69) is 0 Å². The van der Waals surface area contributed by atoms with Gasteiger partial charge in [0.25, 0.3) is 5.56 Å². The van der Waals surface area contributed by atoms with E-state index in [-0.39, 0.29) is 35.7 Å². The highest BCUT2D eigenvalue weighted by Gasteiger charge is 2.29. The highest BCUT2D eigenvalue weighted by Crippen LogP contribution is 2.30. The van der Waals surface area contributed by atoms with E-state index in [4.69, 9.17) is 4.98 Å². The van der Waals surface area contributed by atoms with Crippen molar-refractivity contribution in [2.45, 2.75) is 58.9 Å². The maximum atomic E-state index is 14.0. The van der Waals surface area contributed by atoms with Gasteiger partial charge in [-0.25, -0.2) is 9.37 Å². The molecule has 4 rings (SSSR count). The van der Waals surface area contributed by atoms with Crippen LogP contribution in [0.1, 0.15) is 60.5 Å². The van der Waals surface area contributed by atoms with E-state index >= 15 is 0 Å². The third-order valence-electron chi connectivity index (χ3n) is 6.19. The molecular formula is C24H28FN3O2S. The predicted molar refractivity (Wildman–Crippen MR) is 122 cm³/mol. The minimum atomic E-state index is -0.360. The Morgan fingerprint density at radius 1 is 1.29 bits per heavy atom. The third kappa shape index (κ3) is 4.03. The minimum absolute atomic E-state index is 0.0102. The molecule has 3 heterocycles. The minimum Gasteiger partial charge on any atom is -0.340 e. The summed E-state index contributed by atoms with van der Waals surface area (Å²) in [5.41, 5.74) is 1.39. The van der Waals surface area contributed by atoms with Gasteiger partial charge in [0.15, 0.2) is 0 Å². The van der Waals surface area contributed by atoms with E-state index in [0.29, 0.717) is 24.0 Å². The first-order valence-electron chi connectivity index (χ1n) is 10.8. The number of fused-ring (bicyclic) bond motifs is 1. The van der Waals surface area contributed by atoms with Gasteiger partial charge < -0.3 is 4.90 Å². The van der Waals surface area contributed by atoms with Gasteiger partial charge in [0.2, 0.25) is 5.91 Å². The van der Waals surface area contributed by atoms with Gasteiger partial charge in [-0.3, -0.25) is 14.2 Å². The summed E-state index contributed by atoms with van der Waals surface area (Å²) in [6.07, 6.45) is 1.65. The number of carbonyl (C=O) groups excluding carboxylic acids is 1. The molecule has 0 bridgehead atoms. The molecule has 1 aliphatic heterocycles. The number of benzene rings is 1. The molecule has 0 saturated carbocycles. The second kappa shape index (κ2) is 8.54. The molecule has 0 spiro atoms. The summed E-state index contributed by atoms with van der Waals surface area (Å²) < 4.78 is 15.8. The van der Waals surface area contributed by atoms with Crippen LogP contribution in [0.25, 0.3) is 10.2 Å². The maximum absolute atomic E-state index is 14.0. The van der Waals surface area contributed by atoms with Crippen LogP contribution in [-0.4, -0.2) is 33.4 Å². The Balaban J connectivity index is 1.68. The average Bonchev–Trinajstić information content (AvgIpc) is 3.03. The van der Waals surface area contributed by atoms with Gasteiger partial charge in [0.1, 0.15) is 16.5 Å². The van der Waals surface area contributed by atoms with E-state index < -0.39 is 0 Å². The number of likely N-dealkylation sites (tertiary alicyclic amines) is 1. The molecule has 1 aromatic carbocycles. The zero-order chi connectivity index (χ0) is 22.3. The van der Waals surface area contributed by atoms with Crippen molar-refractivity contribution < 1.29 is 9.18 Å². The van der Waals surface area contributed by atoms with Crippen molar-refractivity contribution in [2.75, 3.05) is 13.1 Å². The van der Waals surface area contributed by atoms with Gasteiger partial charge in [-0.1, -0.05) is 32.0 Å². The van der Waals surface area contributed by atoms with Crippen molar-refractivity contribution in [1.82, 2.24) is 14.5 Å². The number of thiophene rings is 1. The van der Waals surface area contributed by atoms with Gasteiger partial charge in [-0.2, -0.15) is 0 Å². The molecule has 1 atom stereocenters. The maximum Gasteiger partial charge on any atom is 0.262 e. The Hall–Kier alpha value is -2.54. The monoisotopic (exact) mass is 441 g/mol. The van der Waals surface area contributed by atoms with Crippen molar-refractivity contribution in [1.29, 1.82) is 0 Å². The molecule has 2 aromatic heterocycles. The number of hydrogen-bond acceptors (Lipinski definition) is 4. The summed E-state index contributed by atoms with van der Waals surface area (Å²) in [6, 6.07) is 6.26. The second-order valence-electron chi connectivity index (χ2n) is 8.67. The average molecular weight is 442 g/mol. The van der Waals surface area contributed by atoms with Crippen LogP contribution in [0.5, 0.6) is 0 Å². The molecule has 3 aromatic rings. The molecule has 5 nitrogen and oxygen atoms in total. The Kier molecular flexibility index (Phi) is 5.97. The van der Waals surface area contributed by atoms with Crippen LogP contribution in [0.3, 0.4) is 0 Å². The number of carbonyl (C=O) groups is 1. The fraction of sp³-hybridized carbons (Fsp3) is 0.458. The number of rotatable bonds is 4. The van der Waals surface area contributed by atoms with Crippen molar-refractivity contribution >= 4 is 27.5 Å². The molecule has 1 unspecified atom stereocenters. The van der Waals surface area contributed by atoms with Crippen LogP contribution in [-0.2, 0) is 11.2 Å². The third-order valence-corrected chi connectivity index (χ3v) is 7.29. The van der Waals surface area contributed by atoms with E-state index in [9.17, 15) is 14.0 Å². The number of hydrogen-bond donors (Lipinski definition) is 0. The molecule has 31 heavy (non-hydrogen) atoms. The molecule has 1 saturated heterocycles. The van der Waals surface area contributed by atoms with Crippen LogP contribution in [0.4, 0.5) is 4.39 Å². The summed E-state index contributed by atoms with van der Waals surface area (Å²) in [5.74, 6) is 0.391. The molecule has 0 radical (unpaired) electrons. The van der Waals surface area contributed by atoms with Gasteiger partial charge in [-0.05, 0) is 43.9 Å². The number of nitrogens with zero attached hydrogens (tertiary/aromatic N) is 3. The fourth-order valence-corrected chi connectivity index (χ4v) is 5.42. The number of aryl methyl sites for hydroxylation is 2. The number of amides is 1. The zero-order valence-corrected chi connectivity index (χ0v) is 19.3. The second-order valence-corrected chi connectivity index (χ2v) is 9.87. The number of piperidine rings is 1. The van der Waals surface area contributed by atoms with Gasteiger partial charge >= 0.3 is 0 Å². The summed E-state index contributed by atoms with van der Waals surface area (Å²) in [4.78, 5) is 35.0. The first-order chi connectivity index (χ1) is 14.8. The number of halogens is 1. The largest absolute Gasteiger partial charge is 0.340 e. The van der Waals surface area contributed by atoms with Gasteiger partial charge in [-0.15, -0.1) is 11.3 Å². The van der Waals surface area contributed by atoms with E-state index in [1.54, 1.807) is 34.4 Å². The Labute approximate surface area is 185 Å². The smallest absolute Gasteiger partial charge is 0.262 e. The summed E-state index contributed by atoms with van der Waals surface area (Å²) in [6.45, 7) is 9.15. The summed E-state index contributed by atoms with van der Waals surface area (Å²) in [5, 5.41) is 0.696. The molecule has 7 heteroatoms. The topological polar surface area (TPSA) is 55.2 Å². The van der Waals surface area contributed by atoms with Crippen LogP contribution in [0.2, 0.25) is 0 Å². The summed E-state index contributed by atoms with van der Waals surface area (Å²) in [7, 11) is 0. The van der Waals surface area contributed by atoms with Crippen molar-refractivity contribution in [3.63, 3.8) is 0 Å². The van der Waals surface area contributed by atoms with Gasteiger partial charge in [0, 0.05) is 23.9 Å². The van der Waals surface area contributed by atoms with Crippen LogP contribution in [0.15, 0.2) is 29.1 Å². The van der Waals surface area contributed by atoms with Crippen molar-refractivity contribution in [3.8, 4) is 0 Å². The molecule has 1 fully saturated rings. The Morgan fingerprint density at radius 2 is 2.03 bits per heavy atom. The predicted octanol–water partition coefficient (Wildman–Crippen LogP) is 4.74. The van der Waals surface area contributed by atoms with Crippen LogP contribution >= 0.6 is 11.3 Å². The highest BCUT2D eigenvalue weighted by atomic mass is 32.1. The number of aromatic nitrogens is 2. The molecule has 164 valence electrons. The Morgan fingerprint density at radius 3 is 2.74 bits per heavy atom. The van der Waals surface area contributed by atoms with E-state index in [1.165, 1.54) is 6.07 Å². The zero-order valence-electron chi connectivity index (χ0n) is 18.4. The lowest BCUT2D eigenvalue weighted by atomic mass is 10.0. The molecule has 0 N–H and O–H groups in total. The Bertz CT molecular complexity index is 1200. The van der Waals surface area contributed by atoms with Gasteiger partial charge in [0.05, 0.1) is 17.8 Å². The SMILES string of the molecule is Cc1sc2nc(C(C)C)n(C3CCCN(C(=O)Cc4ccccc4F)C3)c(=O)c2c1C. The molecular weight excluding hydrogens is 413 g/mol.